The van der Waals surface area contributed by atoms with Crippen molar-refractivity contribution in [1.82, 2.24) is 10.2 Å². The highest BCUT2D eigenvalue weighted by Gasteiger charge is 2.23. The molecule has 1 saturated heterocycles. The number of carbonyl (C=O) groups is 2. The molecule has 1 N–H and O–H groups in total. The molecule has 1 aliphatic heterocycles. The summed E-state index contributed by atoms with van der Waals surface area (Å²) in [6.45, 7) is 5.04. The lowest BCUT2D eigenvalue weighted by molar-refractivity contribution is -0.123. The van der Waals surface area contributed by atoms with E-state index in [1.165, 1.54) is 0 Å². The Hall–Kier alpha value is -2.90. The van der Waals surface area contributed by atoms with Crippen LogP contribution < -0.4 is 14.8 Å². The van der Waals surface area contributed by atoms with Gasteiger partial charge in [-0.3, -0.25) is 9.69 Å². The van der Waals surface area contributed by atoms with Crippen molar-refractivity contribution in [1.29, 1.82) is 0 Å². The quantitative estimate of drug-likeness (QED) is 0.579. The number of carbonyl (C=O) groups excluding carboxylic acids is 2. The molecule has 0 aromatic heterocycles. The monoisotopic (exact) mass is 440 g/mol. The summed E-state index contributed by atoms with van der Waals surface area (Å²) >= 11 is 0. The van der Waals surface area contributed by atoms with Gasteiger partial charge in [0.15, 0.2) is 6.61 Å². The number of ether oxygens (including phenoxy) is 3. The summed E-state index contributed by atoms with van der Waals surface area (Å²) in [4.78, 5) is 25.9. The summed E-state index contributed by atoms with van der Waals surface area (Å²) in [5.74, 6) is 1.44. The molecule has 1 atom stereocenters. The molecular weight excluding hydrogens is 408 g/mol. The highest BCUT2D eigenvalue weighted by molar-refractivity contribution is 5.77. The van der Waals surface area contributed by atoms with E-state index in [1.807, 2.05) is 48.5 Å². The molecule has 7 heteroatoms. The maximum Gasteiger partial charge on any atom is 0.258 e. The number of methoxy groups -OCH3 is 1. The lowest BCUT2D eigenvalue weighted by atomic mass is 10.0. The predicted octanol–water partition coefficient (Wildman–Crippen LogP) is 2.79. The Morgan fingerprint density at radius 3 is 2.31 bits per heavy atom. The first kappa shape index (κ1) is 23.8. The van der Waals surface area contributed by atoms with Crippen LogP contribution in [0.25, 0.3) is 0 Å². The van der Waals surface area contributed by atoms with E-state index in [9.17, 15) is 9.59 Å². The Labute approximate surface area is 189 Å². The molecule has 2 aromatic carbocycles. The van der Waals surface area contributed by atoms with Gasteiger partial charge in [0, 0.05) is 26.1 Å². The van der Waals surface area contributed by atoms with E-state index >= 15 is 0 Å². The second-order valence-corrected chi connectivity index (χ2v) is 7.88. The first-order valence-electron chi connectivity index (χ1n) is 11.0. The standard InChI is InChI=1S/C25H32N2O5/c1-19(28)3-4-20-5-9-23(10-6-20)32-18-25(29)26-17-24(27-13-15-31-16-14-27)21-7-11-22(30-2)12-8-21/h5-12,24H,3-4,13-18H2,1-2H3,(H,26,29). The molecule has 32 heavy (non-hydrogen) atoms. The minimum absolute atomic E-state index is 0.0503. The minimum atomic E-state index is -0.169. The van der Waals surface area contributed by atoms with Crippen LogP contribution in [-0.4, -0.2) is 63.2 Å². The van der Waals surface area contributed by atoms with E-state index in [0.717, 1.165) is 30.0 Å². The van der Waals surface area contributed by atoms with Gasteiger partial charge < -0.3 is 24.3 Å². The number of aryl methyl sites for hydroxylation is 1. The van der Waals surface area contributed by atoms with Crippen LogP contribution in [0.3, 0.4) is 0 Å². The first-order chi connectivity index (χ1) is 15.5. The number of hydrogen-bond donors (Lipinski definition) is 1. The topological polar surface area (TPSA) is 77.1 Å². The van der Waals surface area contributed by atoms with Gasteiger partial charge in [-0.1, -0.05) is 24.3 Å². The summed E-state index contributed by atoms with van der Waals surface area (Å²) in [6.07, 6.45) is 1.24. The van der Waals surface area contributed by atoms with E-state index in [1.54, 1.807) is 14.0 Å². The average molecular weight is 441 g/mol. The predicted molar refractivity (Wildman–Crippen MR) is 122 cm³/mol. The van der Waals surface area contributed by atoms with Crippen molar-refractivity contribution in [3.05, 3.63) is 59.7 Å². The molecule has 1 amide bonds. The molecule has 1 heterocycles. The van der Waals surface area contributed by atoms with E-state index < -0.39 is 0 Å². The van der Waals surface area contributed by atoms with Crippen molar-refractivity contribution >= 4 is 11.7 Å². The number of nitrogens with zero attached hydrogens (tertiary/aromatic N) is 1. The smallest absolute Gasteiger partial charge is 0.258 e. The number of Topliss-reactive ketones (excluding diaryl/α,β-unsaturated/α-hetero) is 1. The Kier molecular flexibility index (Phi) is 9.07. The Morgan fingerprint density at radius 1 is 1.03 bits per heavy atom. The van der Waals surface area contributed by atoms with Crippen molar-refractivity contribution in [3.63, 3.8) is 0 Å². The molecule has 7 nitrogen and oxygen atoms in total. The molecule has 0 aliphatic carbocycles. The third-order valence-electron chi connectivity index (χ3n) is 5.54. The number of nitrogens with one attached hydrogen (secondary N) is 1. The van der Waals surface area contributed by atoms with Crippen molar-refractivity contribution in [2.24, 2.45) is 0 Å². The van der Waals surface area contributed by atoms with Gasteiger partial charge in [-0.25, -0.2) is 0 Å². The van der Waals surface area contributed by atoms with Crippen molar-refractivity contribution in [2.45, 2.75) is 25.8 Å². The lowest BCUT2D eigenvalue weighted by Crippen LogP contribution is -2.44. The third kappa shape index (κ3) is 7.35. The van der Waals surface area contributed by atoms with E-state index in [4.69, 9.17) is 14.2 Å². The van der Waals surface area contributed by atoms with Crippen LogP contribution in [0.4, 0.5) is 0 Å². The Balaban J connectivity index is 1.52. The largest absolute Gasteiger partial charge is 0.497 e. The van der Waals surface area contributed by atoms with Crippen LogP contribution in [-0.2, 0) is 20.7 Å². The van der Waals surface area contributed by atoms with Gasteiger partial charge in [0.05, 0.1) is 26.4 Å². The number of hydrogen-bond acceptors (Lipinski definition) is 6. The molecule has 0 spiro atoms. The molecule has 1 aliphatic rings. The fourth-order valence-electron chi connectivity index (χ4n) is 3.66. The first-order valence-corrected chi connectivity index (χ1v) is 11.0. The summed E-state index contributed by atoms with van der Waals surface area (Å²) in [6, 6.07) is 15.5. The SMILES string of the molecule is COc1ccc(C(CNC(=O)COc2ccc(CCC(C)=O)cc2)N2CCOCC2)cc1. The third-order valence-corrected chi connectivity index (χ3v) is 5.54. The van der Waals surface area contributed by atoms with Gasteiger partial charge in [-0.2, -0.15) is 0 Å². The van der Waals surface area contributed by atoms with Gasteiger partial charge in [0.25, 0.3) is 5.91 Å². The number of amides is 1. The van der Waals surface area contributed by atoms with Gasteiger partial charge >= 0.3 is 0 Å². The molecule has 0 radical (unpaired) electrons. The fraction of sp³-hybridized carbons (Fsp3) is 0.440. The normalized spacial score (nSPS) is 15.1. The molecule has 2 aromatic rings. The molecule has 1 unspecified atom stereocenters. The summed E-state index contributed by atoms with van der Waals surface area (Å²) in [7, 11) is 1.65. The highest BCUT2D eigenvalue weighted by Crippen LogP contribution is 2.23. The maximum absolute atomic E-state index is 12.4. The maximum atomic E-state index is 12.4. The van der Waals surface area contributed by atoms with Crippen molar-refractivity contribution in [3.8, 4) is 11.5 Å². The fourth-order valence-corrected chi connectivity index (χ4v) is 3.66. The molecule has 172 valence electrons. The second kappa shape index (κ2) is 12.2. The number of rotatable bonds is 11. The van der Waals surface area contributed by atoms with Gasteiger partial charge in [-0.15, -0.1) is 0 Å². The summed E-state index contributed by atoms with van der Waals surface area (Å²) in [5, 5.41) is 3.01. The van der Waals surface area contributed by atoms with Crippen LogP contribution in [0.2, 0.25) is 0 Å². The van der Waals surface area contributed by atoms with E-state index in [0.29, 0.717) is 38.3 Å². The van der Waals surface area contributed by atoms with E-state index in [2.05, 4.69) is 10.2 Å². The molecule has 0 saturated carbocycles. The van der Waals surface area contributed by atoms with Crippen LogP contribution >= 0.6 is 0 Å². The van der Waals surface area contributed by atoms with Crippen molar-refractivity contribution in [2.75, 3.05) is 46.6 Å². The number of morpholine rings is 1. The summed E-state index contributed by atoms with van der Waals surface area (Å²) < 4.78 is 16.4. The highest BCUT2D eigenvalue weighted by atomic mass is 16.5. The van der Waals surface area contributed by atoms with Crippen LogP contribution in [0, 0.1) is 0 Å². The van der Waals surface area contributed by atoms with Crippen LogP contribution in [0.15, 0.2) is 48.5 Å². The Bertz CT molecular complexity index is 861. The number of ketones is 1. The molecule has 1 fully saturated rings. The second-order valence-electron chi connectivity index (χ2n) is 7.88. The van der Waals surface area contributed by atoms with Gasteiger partial charge in [0.1, 0.15) is 17.3 Å². The van der Waals surface area contributed by atoms with Crippen LogP contribution in [0.1, 0.15) is 30.5 Å². The van der Waals surface area contributed by atoms with E-state index in [-0.39, 0.29) is 24.3 Å². The number of benzene rings is 2. The van der Waals surface area contributed by atoms with Gasteiger partial charge in [0.2, 0.25) is 0 Å². The van der Waals surface area contributed by atoms with Gasteiger partial charge in [-0.05, 0) is 48.7 Å². The summed E-state index contributed by atoms with van der Waals surface area (Å²) in [5.41, 5.74) is 2.19. The zero-order valence-electron chi connectivity index (χ0n) is 18.8. The molecule has 0 bridgehead atoms. The zero-order chi connectivity index (χ0) is 22.8. The lowest BCUT2D eigenvalue weighted by Gasteiger charge is -2.35. The van der Waals surface area contributed by atoms with Crippen LogP contribution in [0.5, 0.6) is 11.5 Å². The molecular formula is C25H32N2O5. The van der Waals surface area contributed by atoms with Crippen molar-refractivity contribution < 1.29 is 23.8 Å². The zero-order valence-corrected chi connectivity index (χ0v) is 18.8. The molecule has 3 rings (SSSR count). The average Bonchev–Trinajstić information content (AvgIpc) is 2.83. The Morgan fingerprint density at radius 2 is 1.69 bits per heavy atom. The minimum Gasteiger partial charge on any atom is -0.497 e.